The van der Waals surface area contributed by atoms with Gasteiger partial charge in [-0.25, -0.2) is 0 Å². The van der Waals surface area contributed by atoms with Crippen LogP contribution < -0.4 is 0 Å². The van der Waals surface area contributed by atoms with E-state index in [1.165, 1.54) is 0 Å². The molecular formula is C10H16O3. The molecular weight excluding hydrogens is 168 g/mol. The zero-order chi connectivity index (χ0) is 9.84. The number of hydrogen-bond acceptors (Lipinski definition) is 2. The van der Waals surface area contributed by atoms with Crippen molar-refractivity contribution in [2.24, 2.45) is 11.8 Å². The second-order valence-corrected chi connectivity index (χ2v) is 3.42. The summed E-state index contributed by atoms with van der Waals surface area (Å²) >= 11 is 0. The summed E-state index contributed by atoms with van der Waals surface area (Å²) in [5.41, 5.74) is 0. The van der Waals surface area contributed by atoms with Gasteiger partial charge in [0, 0.05) is 6.61 Å². The summed E-state index contributed by atoms with van der Waals surface area (Å²) in [6.07, 6.45) is 4.49. The molecule has 13 heavy (non-hydrogen) atoms. The van der Waals surface area contributed by atoms with Crippen LogP contribution in [0.15, 0.2) is 12.2 Å². The third-order valence-corrected chi connectivity index (χ3v) is 2.45. The summed E-state index contributed by atoms with van der Waals surface area (Å²) in [5, 5.41) is 8.91. The van der Waals surface area contributed by atoms with Gasteiger partial charge in [-0.3, -0.25) is 4.79 Å². The molecule has 3 atom stereocenters. The Balaban J connectivity index is 2.59. The van der Waals surface area contributed by atoms with E-state index >= 15 is 0 Å². The summed E-state index contributed by atoms with van der Waals surface area (Å²) in [6, 6.07) is 0. The van der Waals surface area contributed by atoms with E-state index in [0.717, 1.165) is 0 Å². The molecule has 3 nitrogen and oxygen atoms in total. The fourth-order valence-electron chi connectivity index (χ4n) is 1.64. The molecule has 0 amide bonds. The van der Waals surface area contributed by atoms with Gasteiger partial charge in [0.2, 0.25) is 0 Å². The van der Waals surface area contributed by atoms with Gasteiger partial charge in [0.05, 0.1) is 12.0 Å². The first-order valence-corrected chi connectivity index (χ1v) is 4.68. The molecule has 0 radical (unpaired) electrons. The molecule has 0 aromatic rings. The van der Waals surface area contributed by atoms with Crippen LogP contribution in [0.1, 0.15) is 20.3 Å². The number of carbonyl (C=O) groups is 1. The van der Waals surface area contributed by atoms with Crippen molar-refractivity contribution < 1.29 is 14.6 Å². The average Bonchev–Trinajstić information content (AvgIpc) is 2.08. The highest BCUT2D eigenvalue weighted by atomic mass is 16.5. The van der Waals surface area contributed by atoms with Crippen LogP contribution in [0.3, 0.4) is 0 Å². The fraction of sp³-hybridized carbons (Fsp3) is 0.700. The van der Waals surface area contributed by atoms with Gasteiger partial charge in [0.15, 0.2) is 0 Å². The molecule has 74 valence electrons. The molecule has 0 bridgehead atoms. The van der Waals surface area contributed by atoms with Gasteiger partial charge in [-0.05, 0) is 19.3 Å². The largest absolute Gasteiger partial charge is 0.481 e. The number of carboxylic acid groups (broad SMARTS) is 1. The average molecular weight is 184 g/mol. The first kappa shape index (κ1) is 10.3. The van der Waals surface area contributed by atoms with Crippen molar-refractivity contribution in [3.8, 4) is 0 Å². The Morgan fingerprint density at radius 1 is 1.62 bits per heavy atom. The second-order valence-electron chi connectivity index (χ2n) is 3.42. The van der Waals surface area contributed by atoms with E-state index in [9.17, 15) is 4.79 Å². The topological polar surface area (TPSA) is 46.5 Å². The van der Waals surface area contributed by atoms with Crippen molar-refractivity contribution in [2.45, 2.75) is 26.4 Å². The van der Waals surface area contributed by atoms with Gasteiger partial charge in [-0.15, -0.1) is 0 Å². The minimum Gasteiger partial charge on any atom is -0.481 e. The van der Waals surface area contributed by atoms with E-state index in [0.29, 0.717) is 13.0 Å². The second kappa shape index (κ2) is 4.42. The number of aliphatic carboxylic acids is 1. The van der Waals surface area contributed by atoms with Crippen molar-refractivity contribution in [3.05, 3.63) is 12.2 Å². The summed E-state index contributed by atoms with van der Waals surface area (Å²) < 4.78 is 5.36. The van der Waals surface area contributed by atoms with Crippen LogP contribution in [0.25, 0.3) is 0 Å². The predicted octanol–water partition coefficient (Wildman–Crippen LogP) is 1.69. The lowest BCUT2D eigenvalue weighted by Crippen LogP contribution is -2.29. The standard InChI is InChI=1S/C10H16O3/c1-3-13-8-5-4-7(2)9(6-8)10(11)12/h4-5,7-9H,3,6H2,1-2H3,(H,11,12). The van der Waals surface area contributed by atoms with Gasteiger partial charge in [0.1, 0.15) is 0 Å². The molecule has 1 rings (SSSR count). The van der Waals surface area contributed by atoms with Crippen LogP contribution in [0, 0.1) is 11.8 Å². The Morgan fingerprint density at radius 2 is 2.31 bits per heavy atom. The molecule has 0 fully saturated rings. The van der Waals surface area contributed by atoms with E-state index in [1.807, 2.05) is 26.0 Å². The molecule has 1 aliphatic carbocycles. The van der Waals surface area contributed by atoms with Crippen LogP contribution in [-0.4, -0.2) is 23.8 Å². The molecule has 0 saturated heterocycles. The van der Waals surface area contributed by atoms with Gasteiger partial charge in [-0.2, -0.15) is 0 Å². The lowest BCUT2D eigenvalue weighted by molar-refractivity contribution is -0.144. The van der Waals surface area contributed by atoms with Crippen LogP contribution in [0.4, 0.5) is 0 Å². The zero-order valence-corrected chi connectivity index (χ0v) is 8.06. The van der Waals surface area contributed by atoms with Crippen molar-refractivity contribution in [1.29, 1.82) is 0 Å². The monoisotopic (exact) mass is 184 g/mol. The molecule has 3 heteroatoms. The van der Waals surface area contributed by atoms with Crippen molar-refractivity contribution in [1.82, 2.24) is 0 Å². The first-order valence-electron chi connectivity index (χ1n) is 4.68. The lowest BCUT2D eigenvalue weighted by Gasteiger charge is -2.26. The molecule has 0 aliphatic heterocycles. The maximum absolute atomic E-state index is 10.8. The minimum absolute atomic E-state index is 0.0118. The Bertz CT molecular complexity index is 210. The molecule has 0 aromatic carbocycles. The Labute approximate surface area is 78.4 Å². The van der Waals surface area contributed by atoms with Crippen molar-refractivity contribution >= 4 is 5.97 Å². The summed E-state index contributed by atoms with van der Waals surface area (Å²) in [5.74, 6) is -0.891. The Kier molecular flexibility index (Phi) is 3.48. The highest BCUT2D eigenvalue weighted by Crippen LogP contribution is 2.26. The lowest BCUT2D eigenvalue weighted by atomic mass is 9.84. The number of rotatable bonds is 3. The Hall–Kier alpha value is -0.830. The number of carboxylic acids is 1. The van der Waals surface area contributed by atoms with Gasteiger partial charge in [0.25, 0.3) is 0 Å². The number of allylic oxidation sites excluding steroid dienone is 1. The SMILES string of the molecule is CCOC1C=CC(C)C(C(=O)O)C1. The normalized spacial score (nSPS) is 33.2. The van der Waals surface area contributed by atoms with Crippen LogP contribution in [0.5, 0.6) is 0 Å². The smallest absolute Gasteiger partial charge is 0.307 e. The molecule has 0 spiro atoms. The van der Waals surface area contributed by atoms with Crippen LogP contribution in [-0.2, 0) is 9.53 Å². The quantitative estimate of drug-likeness (QED) is 0.679. The highest BCUT2D eigenvalue weighted by molar-refractivity contribution is 5.71. The third-order valence-electron chi connectivity index (χ3n) is 2.45. The van der Waals surface area contributed by atoms with Crippen LogP contribution in [0.2, 0.25) is 0 Å². The summed E-state index contributed by atoms with van der Waals surface area (Å²) in [7, 11) is 0. The highest BCUT2D eigenvalue weighted by Gasteiger charge is 2.29. The predicted molar refractivity (Wildman–Crippen MR) is 49.5 cm³/mol. The zero-order valence-electron chi connectivity index (χ0n) is 8.06. The fourth-order valence-corrected chi connectivity index (χ4v) is 1.64. The molecule has 0 saturated carbocycles. The summed E-state index contributed by atoms with van der Waals surface area (Å²) in [6.45, 7) is 4.48. The maximum Gasteiger partial charge on any atom is 0.307 e. The van der Waals surface area contributed by atoms with E-state index in [2.05, 4.69) is 0 Å². The molecule has 1 aliphatic rings. The van der Waals surface area contributed by atoms with E-state index in [4.69, 9.17) is 9.84 Å². The van der Waals surface area contributed by atoms with Gasteiger partial charge in [-0.1, -0.05) is 19.1 Å². The number of hydrogen-bond donors (Lipinski definition) is 1. The van der Waals surface area contributed by atoms with Gasteiger partial charge >= 0.3 is 5.97 Å². The molecule has 0 heterocycles. The first-order chi connectivity index (χ1) is 6.15. The van der Waals surface area contributed by atoms with E-state index in [1.54, 1.807) is 0 Å². The molecule has 1 N–H and O–H groups in total. The Morgan fingerprint density at radius 3 is 2.85 bits per heavy atom. The van der Waals surface area contributed by atoms with E-state index in [-0.39, 0.29) is 17.9 Å². The van der Waals surface area contributed by atoms with Crippen LogP contribution >= 0.6 is 0 Å². The molecule has 0 aromatic heterocycles. The maximum atomic E-state index is 10.8. The van der Waals surface area contributed by atoms with Crippen molar-refractivity contribution in [2.75, 3.05) is 6.61 Å². The van der Waals surface area contributed by atoms with Crippen molar-refractivity contribution in [3.63, 3.8) is 0 Å². The minimum atomic E-state index is -0.721. The molecule has 3 unspecified atom stereocenters. The number of ether oxygens (including phenoxy) is 1. The van der Waals surface area contributed by atoms with E-state index < -0.39 is 5.97 Å². The summed E-state index contributed by atoms with van der Waals surface area (Å²) in [4.78, 5) is 10.8. The third kappa shape index (κ3) is 2.56. The van der Waals surface area contributed by atoms with Gasteiger partial charge < -0.3 is 9.84 Å².